The van der Waals surface area contributed by atoms with Gasteiger partial charge in [-0.2, -0.15) is 0 Å². The topological polar surface area (TPSA) is 41.1 Å². The van der Waals surface area contributed by atoms with Crippen LogP contribution in [0.25, 0.3) is 11.4 Å². The fraction of sp³-hybridized carbons (Fsp3) is 0.444. The number of hydrogen-bond donors (Lipinski definition) is 1. The zero-order valence-electron chi connectivity index (χ0n) is 13.0. The zero-order valence-corrected chi connectivity index (χ0v) is 13.0. The van der Waals surface area contributed by atoms with Crippen molar-refractivity contribution in [2.75, 3.05) is 19.6 Å². The van der Waals surface area contributed by atoms with E-state index in [2.05, 4.69) is 51.4 Å². The molecule has 0 unspecified atom stereocenters. The maximum Gasteiger partial charge on any atom is 0.159 e. The van der Waals surface area contributed by atoms with Gasteiger partial charge in [-0.1, -0.05) is 23.8 Å². The lowest BCUT2D eigenvalue weighted by Gasteiger charge is -2.16. The highest BCUT2D eigenvalue weighted by Crippen LogP contribution is 2.25. The second-order valence-corrected chi connectivity index (χ2v) is 6.59. The SMILES string of the molecule is Cc1cccc(-c2ncc(CN3C[C@H]4CCN[C@H]4C3)cn2)c1. The van der Waals surface area contributed by atoms with Crippen LogP contribution in [0.5, 0.6) is 0 Å². The summed E-state index contributed by atoms with van der Waals surface area (Å²) in [5.74, 6) is 1.65. The van der Waals surface area contributed by atoms with Crippen molar-refractivity contribution >= 4 is 0 Å². The molecule has 0 amide bonds. The minimum absolute atomic E-state index is 0.701. The van der Waals surface area contributed by atoms with E-state index in [1.165, 1.54) is 30.6 Å². The van der Waals surface area contributed by atoms with Gasteiger partial charge in [0.25, 0.3) is 0 Å². The van der Waals surface area contributed by atoms with Gasteiger partial charge in [0, 0.05) is 49.2 Å². The molecule has 2 aliphatic heterocycles. The van der Waals surface area contributed by atoms with E-state index in [0.717, 1.165) is 30.4 Å². The lowest BCUT2D eigenvalue weighted by Crippen LogP contribution is -2.29. The first-order valence-corrected chi connectivity index (χ1v) is 8.11. The quantitative estimate of drug-likeness (QED) is 0.942. The van der Waals surface area contributed by atoms with Gasteiger partial charge in [-0.15, -0.1) is 0 Å². The van der Waals surface area contributed by atoms with Gasteiger partial charge in [0.15, 0.2) is 5.82 Å². The van der Waals surface area contributed by atoms with Crippen molar-refractivity contribution in [2.45, 2.75) is 25.9 Å². The molecule has 4 heteroatoms. The van der Waals surface area contributed by atoms with Gasteiger partial charge < -0.3 is 5.32 Å². The number of likely N-dealkylation sites (tertiary alicyclic amines) is 1. The lowest BCUT2D eigenvalue weighted by atomic mass is 10.1. The normalized spacial score (nSPS) is 24.6. The summed E-state index contributed by atoms with van der Waals surface area (Å²) in [5.41, 5.74) is 3.53. The molecule has 1 aromatic heterocycles. The fourth-order valence-corrected chi connectivity index (χ4v) is 3.70. The second kappa shape index (κ2) is 5.78. The van der Waals surface area contributed by atoms with Gasteiger partial charge in [-0.3, -0.25) is 4.90 Å². The Morgan fingerprint density at radius 3 is 2.86 bits per heavy atom. The number of nitrogens with zero attached hydrogens (tertiary/aromatic N) is 3. The first-order chi connectivity index (χ1) is 10.8. The van der Waals surface area contributed by atoms with Gasteiger partial charge in [-0.25, -0.2) is 9.97 Å². The van der Waals surface area contributed by atoms with Crippen LogP contribution in [0.15, 0.2) is 36.7 Å². The molecule has 0 bridgehead atoms. The van der Waals surface area contributed by atoms with Crippen molar-refractivity contribution in [3.63, 3.8) is 0 Å². The molecular weight excluding hydrogens is 272 g/mol. The molecule has 4 rings (SSSR count). The van der Waals surface area contributed by atoms with Gasteiger partial charge in [-0.05, 0) is 31.9 Å². The Balaban J connectivity index is 1.44. The molecule has 4 nitrogen and oxygen atoms in total. The molecule has 0 aliphatic carbocycles. The molecule has 1 aromatic carbocycles. The van der Waals surface area contributed by atoms with E-state index in [-0.39, 0.29) is 0 Å². The zero-order chi connectivity index (χ0) is 14.9. The first kappa shape index (κ1) is 13.9. The average Bonchev–Trinajstić information content (AvgIpc) is 3.09. The van der Waals surface area contributed by atoms with Gasteiger partial charge >= 0.3 is 0 Å². The molecule has 2 aromatic rings. The predicted molar refractivity (Wildman–Crippen MR) is 87.4 cm³/mol. The molecule has 1 N–H and O–H groups in total. The summed E-state index contributed by atoms with van der Waals surface area (Å²) in [5, 5.41) is 3.60. The summed E-state index contributed by atoms with van der Waals surface area (Å²) in [6, 6.07) is 9.04. The summed E-state index contributed by atoms with van der Waals surface area (Å²) >= 11 is 0. The molecule has 2 saturated heterocycles. The van der Waals surface area contributed by atoms with Crippen molar-refractivity contribution in [1.82, 2.24) is 20.2 Å². The van der Waals surface area contributed by atoms with E-state index < -0.39 is 0 Å². The standard InChI is InChI=1S/C18H22N4/c1-13-3-2-4-15(7-13)18-20-8-14(9-21-18)10-22-11-16-5-6-19-17(16)12-22/h2-4,7-9,16-17,19H,5-6,10-12H2,1H3/t16-,17+/m1/s1. The van der Waals surface area contributed by atoms with E-state index in [4.69, 9.17) is 0 Å². The monoisotopic (exact) mass is 294 g/mol. The highest BCUT2D eigenvalue weighted by molar-refractivity contribution is 5.55. The minimum Gasteiger partial charge on any atom is -0.312 e. The van der Waals surface area contributed by atoms with Crippen molar-refractivity contribution in [3.8, 4) is 11.4 Å². The van der Waals surface area contributed by atoms with Crippen LogP contribution in [-0.4, -0.2) is 40.5 Å². The Labute approximate surface area is 131 Å². The lowest BCUT2D eigenvalue weighted by molar-refractivity contribution is 0.306. The van der Waals surface area contributed by atoms with Crippen molar-refractivity contribution in [2.24, 2.45) is 5.92 Å². The Bertz CT molecular complexity index is 640. The summed E-state index contributed by atoms with van der Waals surface area (Å²) in [7, 11) is 0. The summed E-state index contributed by atoms with van der Waals surface area (Å²) < 4.78 is 0. The molecular formula is C18H22N4. The van der Waals surface area contributed by atoms with Crippen LogP contribution in [0.1, 0.15) is 17.5 Å². The van der Waals surface area contributed by atoms with Crippen LogP contribution in [0, 0.1) is 12.8 Å². The molecule has 22 heavy (non-hydrogen) atoms. The number of aryl methyl sites for hydroxylation is 1. The number of nitrogens with one attached hydrogen (secondary N) is 1. The number of rotatable bonds is 3. The van der Waals surface area contributed by atoms with E-state index in [1.54, 1.807) is 0 Å². The molecule has 0 radical (unpaired) electrons. The molecule has 2 fully saturated rings. The minimum atomic E-state index is 0.701. The predicted octanol–water partition coefficient (Wildman–Crippen LogP) is 2.25. The molecule has 2 atom stereocenters. The smallest absolute Gasteiger partial charge is 0.159 e. The Hall–Kier alpha value is -1.78. The molecule has 114 valence electrons. The van der Waals surface area contributed by atoms with Crippen LogP contribution in [0.2, 0.25) is 0 Å². The van der Waals surface area contributed by atoms with E-state index in [0.29, 0.717) is 6.04 Å². The fourth-order valence-electron chi connectivity index (χ4n) is 3.70. The third-order valence-corrected chi connectivity index (χ3v) is 4.83. The number of hydrogen-bond acceptors (Lipinski definition) is 4. The molecule has 0 saturated carbocycles. The summed E-state index contributed by atoms with van der Waals surface area (Å²) in [4.78, 5) is 11.6. The van der Waals surface area contributed by atoms with E-state index >= 15 is 0 Å². The van der Waals surface area contributed by atoms with E-state index in [9.17, 15) is 0 Å². The van der Waals surface area contributed by atoms with Crippen LogP contribution in [0.4, 0.5) is 0 Å². The third-order valence-electron chi connectivity index (χ3n) is 4.83. The largest absolute Gasteiger partial charge is 0.312 e. The van der Waals surface area contributed by atoms with Crippen molar-refractivity contribution < 1.29 is 0 Å². The third kappa shape index (κ3) is 2.76. The van der Waals surface area contributed by atoms with Gasteiger partial charge in [0.1, 0.15) is 0 Å². The maximum atomic E-state index is 4.55. The average molecular weight is 294 g/mol. The summed E-state index contributed by atoms with van der Waals surface area (Å²) in [6.45, 7) is 6.61. The van der Waals surface area contributed by atoms with E-state index in [1.807, 2.05) is 12.4 Å². The number of benzene rings is 1. The Kier molecular flexibility index (Phi) is 3.64. The number of fused-ring (bicyclic) bond motifs is 1. The second-order valence-electron chi connectivity index (χ2n) is 6.59. The molecule has 0 spiro atoms. The Morgan fingerprint density at radius 1 is 1.23 bits per heavy atom. The van der Waals surface area contributed by atoms with Crippen molar-refractivity contribution in [1.29, 1.82) is 0 Å². The Morgan fingerprint density at radius 2 is 2.09 bits per heavy atom. The van der Waals surface area contributed by atoms with Crippen LogP contribution >= 0.6 is 0 Å². The van der Waals surface area contributed by atoms with Crippen LogP contribution in [-0.2, 0) is 6.54 Å². The first-order valence-electron chi connectivity index (χ1n) is 8.11. The van der Waals surface area contributed by atoms with Gasteiger partial charge in [0.05, 0.1) is 0 Å². The molecule has 2 aliphatic rings. The highest BCUT2D eigenvalue weighted by atomic mass is 15.2. The highest BCUT2D eigenvalue weighted by Gasteiger charge is 2.35. The molecule has 3 heterocycles. The summed E-state index contributed by atoms with van der Waals surface area (Å²) in [6.07, 6.45) is 5.28. The van der Waals surface area contributed by atoms with Crippen LogP contribution in [0.3, 0.4) is 0 Å². The maximum absolute atomic E-state index is 4.55. The van der Waals surface area contributed by atoms with Crippen LogP contribution < -0.4 is 5.32 Å². The number of aromatic nitrogens is 2. The van der Waals surface area contributed by atoms with Crippen molar-refractivity contribution in [3.05, 3.63) is 47.8 Å². The van der Waals surface area contributed by atoms with Gasteiger partial charge in [0.2, 0.25) is 0 Å².